The van der Waals surface area contributed by atoms with Gasteiger partial charge in [-0.05, 0) is 37.1 Å². The molecule has 6 rings (SSSR count). The number of fused-ring (bicyclic) bond motifs is 4. The number of carbonyl (C=O) groups is 1. The molecule has 2 aliphatic rings. The zero-order valence-electron chi connectivity index (χ0n) is 19.4. The van der Waals surface area contributed by atoms with Crippen LogP contribution in [0.4, 0.5) is 11.5 Å². The molecule has 3 atom stereocenters. The highest BCUT2D eigenvalue weighted by Crippen LogP contribution is 2.40. The van der Waals surface area contributed by atoms with Crippen LogP contribution in [0.1, 0.15) is 25.7 Å². The van der Waals surface area contributed by atoms with E-state index in [0.717, 1.165) is 47.9 Å². The van der Waals surface area contributed by atoms with Crippen LogP contribution in [0.3, 0.4) is 0 Å². The fraction of sp³-hybridized carbons (Fsp3) is 0.308. The number of nitrogens with one attached hydrogen (secondary N) is 1. The molecule has 35 heavy (non-hydrogen) atoms. The van der Waals surface area contributed by atoms with Gasteiger partial charge in [0.15, 0.2) is 11.5 Å². The molecule has 0 saturated carbocycles. The summed E-state index contributed by atoms with van der Waals surface area (Å²) in [5.74, 6) is 1.96. The van der Waals surface area contributed by atoms with Crippen molar-refractivity contribution in [2.45, 2.75) is 43.9 Å². The first-order chi connectivity index (χ1) is 17.1. The van der Waals surface area contributed by atoms with E-state index in [1.54, 1.807) is 13.3 Å². The molecule has 3 aromatic heterocycles. The molecule has 178 valence electrons. The van der Waals surface area contributed by atoms with E-state index in [1.807, 2.05) is 46.0 Å². The third-order valence-corrected chi connectivity index (χ3v) is 6.98. The standard InChI is InChI=1S/C26H26N6O3/c1-3-25(33)32-17-5-6-18(32)11-19(10-17)35-23-12-20-21(13-22(23)34-2)28-15-29-26(20)30-16-4-7-24-27-8-9-31(24)14-16/h3-4,7-9,12-15,17-19H,1,5-6,10-11H2,2H3,(H,28,29,30)/t17-,18+,19?. The monoisotopic (exact) mass is 470 g/mol. The van der Waals surface area contributed by atoms with Gasteiger partial charge in [0, 0.05) is 55.0 Å². The summed E-state index contributed by atoms with van der Waals surface area (Å²) in [5.41, 5.74) is 2.50. The lowest BCUT2D eigenvalue weighted by atomic mass is 9.99. The average Bonchev–Trinajstić information content (AvgIpc) is 3.45. The van der Waals surface area contributed by atoms with Gasteiger partial charge < -0.3 is 24.1 Å². The zero-order valence-corrected chi connectivity index (χ0v) is 19.4. The third-order valence-electron chi connectivity index (χ3n) is 6.98. The van der Waals surface area contributed by atoms with Gasteiger partial charge in [0.25, 0.3) is 0 Å². The van der Waals surface area contributed by atoms with Crippen LogP contribution in [-0.2, 0) is 4.79 Å². The van der Waals surface area contributed by atoms with Gasteiger partial charge in [0.2, 0.25) is 5.91 Å². The molecule has 0 radical (unpaired) electrons. The summed E-state index contributed by atoms with van der Waals surface area (Å²) >= 11 is 0. The van der Waals surface area contributed by atoms with Gasteiger partial charge in [-0.1, -0.05) is 6.58 Å². The third kappa shape index (κ3) is 3.82. The molecular weight excluding hydrogens is 444 g/mol. The van der Waals surface area contributed by atoms with Crippen LogP contribution >= 0.6 is 0 Å². The van der Waals surface area contributed by atoms with E-state index in [2.05, 4.69) is 26.8 Å². The summed E-state index contributed by atoms with van der Waals surface area (Å²) in [6, 6.07) is 8.10. The van der Waals surface area contributed by atoms with Crippen molar-refractivity contribution in [1.29, 1.82) is 0 Å². The molecule has 0 aliphatic carbocycles. The predicted molar refractivity (Wildman–Crippen MR) is 132 cm³/mol. The van der Waals surface area contributed by atoms with Crippen molar-refractivity contribution in [3.63, 3.8) is 0 Å². The minimum Gasteiger partial charge on any atom is -0.493 e. The van der Waals surface area contributed by atoms with Crippen LogP contribution in [0.2, 0.25) is 0 Å². The Balaban J connectivity index is 1.30. The molecule has 1 N–H and O–H groups in total. The Morgan fingerprint density at radius 1 is 1.14 bits per heavy atom. The summed E-state index contributed by atoms with van der Waals surface area (Å²) in [5, 5.41) is 4.23. The lowest BCUT2D eigenvalue weighted by Crippen LogP contribution is -2.48. The Bertz CT molecular complexity index is 1420. The quantitative estimate of drug-likeness (QED) is 0.424. The first-order valence-corrected chi connectivity index (χ1v) is 11.8. The SMILES string of the molecule is C=CC(=O)N1[C@@H]2CC[C@H]1CC(Oc1cc3c(Nc4ccc5nccn5c4)ncnc3cc1OC)C2. The van der Waals surface area contributed by atoms with E-state index in [1.165, 1.54) is 12.4 Å². The van der Waals surface area contributed by atoms with E-state index >= 15 is 0 Å². The molecule has 2 fully saturated rings. The van der Waals surface area contributed by atoms with E-state index in [4.69, 9.17) is 9.47 Å². The first-order valence-electron chi connectivity index (χ1n) is 11.8. The molecule has 9 heteroatoms. The van der Waals surface area contributed by atoms with Gasteiger partial charge in [-0.2, -0.15) is 0 Å². The minimum absolute atomic E-state index is 0.00240. The zero-order chi connectivity index (χ0) is 23.9. The predicted octanol–water partition coefficient (Wildman–Crippen LogP) is 4.12. The van der Waals surface area contributed by atoms with Crippen molar-refractivity contribution < 1.29 is 14.3 Å². The van der Waals surface area contributed by atoms with Crippen molar-refractivity contribution in [2.24, 2.45) is 0 Å². The summed E-state index contributed by atoms with van der Waals surface area (Å²) in [6.07, 6.45) is 12.2. The maximum atomic E-state index is 12.3. The van der Waals surface area contributed by atoms with Gasteiger partial charge in [-0.25, -0.2) is 15.0 Å². The molecule has 0 spiro atoms. The van der Waals surface area contributed by atoms with Crippen LogP contribution in [0, 0.1) is 0 Å². The smallest absolute Gasteiger partial charge is 0.246 e. The average molecular weight is 471 g/mol. The Kier molecular flexibility index (Phi) is 5.24. The second-order valence-corrected chi connectivity index (χ2v) is 9.02. The van der Waals surface area contributed by atoms with Gasteiger partial charge in [0.1, 0.15) is 23.9 Å². The second kappa shape index (κ2) is 8.57. The number of rotatable bonds is 6. The molecule has 4 aromatic rings. The molecule has 1 aromatic carbocycles. The number of carbonyl (C=O) groups excluding carboxylic acids is 1. The van der Waals surface area contributed by atoms with Crippen molar-refractivity contribution in [3.8, 4) is 11.5 Å². The Hall–Kier alpha value is -4.14. The highest BCUT2D eigenvalue weighted by molar-refractivity contribution is 5.93. The van der Waals surface area contributed by atoms with E-state index in [9.17, 15) is 4.79 Å². The Morgan fingerprint density at radius 2 is 1.97 bits per heavy atom. The number of aromatic nitrogens is 4. The number of amides is 1. The maximum absolute atomic E-state index is 12.3. The molecule has 5 heterocycles. The fourth-order valence-electron chi connectivity index (χ4n) is 5.41. The largest absolute Gasteiger partial charge is 0.493 e. The minimum atomic E-state index is -0.00240. The Labute approximate surface area is 202 Å². The van der Waals surface area contributed by atoms with Gasteiger partial charge >= 0.3 is 0 Å². The first kappa shape index (κ1) is 21.4. The fourth-order valence-corrected chi connectivity index (χ4v) is 5.41. The van der Waals surface area contributed by atoms with Gasteiger partial charge in [-0.15, -0.1) is 0 Å². The topological polar surface area (TPSA) is 93.9 Å². The molecular formula is C26H26N6O3. The van der Waals surface area contributed by atoms with Crippen LogP contribution in [0.25, 0.3) is 16.6 Å². The number of methoxy groups -OCH3 is 1. The van der Waals surface area contributed by atoms with Crippen molar-refractivity contribution in [1.82, 2.24) is 24.3 Å². The molecule has 9 nitrogen and oxygen atoms in total. The number of pyridine rings is 1. The van der Waals surface area contributed by atoms with E-state index in [0.29, 0.717) is 17.3 Å². The number of hydrogen-bond acceptors (Lipinski definition) is 7. The van der Waals surface area contributed by atoms with Gasteiger partial charge in [-0.3, -0.25) is 4.79 Å². The molecule has 2 saturated heterocycles. The molecule has 2 bridgehead atoms. The second-order valence-electron chi connectivity index (χ2n) is 9.02. The summed E-state index contributed by atoms with van der Waals surface area (Å²) in [4.78, 5) is 27.5. The summed E-state index contributed by atoms with van der Waals surface area (Å²) < 4.78 is 14.1. The van der Waals surface area contributed by atoms with Crippen molar-refractivity contribution in [2.75, 3.05) is 12.4 Å². The molecule has 1 unspecified atom stereocenters. The normalized spacial score (nSPS) is 21.3. The number of anilines is 2. The molecule has 2 aliphatic heterocycles. The Morgan fingerprint density at radius 3 is 2.74 bits per heavy atom. The van der Waals surface area contributed by atoms with E-state index < -0.39 is 0 Å². The van der Waals surface area contributed by atoms with Crippen molar-refractivity contribution in [3.05, 3.63) is 61.8 Å². The van der Waals surface area contributed by atoms with Crippen molar-refractivity contribution >= 4 is 34.0 Å². The summed E-state index contributed by atoms with van der Waals surface area (Å²) in [6.45, 7) is 3.66. The van der Waals surface area contributed by atoms with Gasteiger partial charge in [0.05, 0.1) is 18.3 Å². The molecule has 1 amide bonds. The number of imidazole rings is 1. The maximum Gasteiger partial charge on any atom is 0.246 e. The number of hydrogen-bond donors (Lipinski definition) is 1. The number of ether oxygens (including phenoxy) is 2. The number of benzene rings is 1. The highest BCUT2D eigenvalue weighted by atomic mass is 16.5. The van der Waals surface area contributed by atoms with E-state index in [-0.39, 0.29) is 24.1 Å². The van der Waals surface area contributed by atoms with Crippen LogP contribution in [0.15, 0.2) is 61.8 Å². The summed E-state index contributed by atoms with van der Waals surface area (Å²) in [7, 11) is 1.63. The lowest BCUT2D eigenvalue weighted by molar-refractivity contribution is -0.131. The van der Waals surface area contributed by atoms with Crippen LogP contribution in [0.5, 0.6) is 11.5 Å². The lowest BCUT2D eigenvalue weighted by Gasteiger charge is -2.38. The number of nitrogens with zero attached hydrogens (tertiary/aromatic N) is 5. The van der Waals surface area contributed by atoms with Crippen LogP contribution in [-0.4, -0.2) is 55.5 Å². The highest BCUT2D eigenvalue weighted by Gasteiger charge is 2.43. The number of piperidine rings is 1. The van der Waals surface area contributed by atoms with Crippen LogP contribution < -0.4 is 14.8 Å².